The van der Waals surface area contributed by atoms with Crippen molar-refractivity contribution in [2.75, 3.05) is 33.3 Å². The topological polar surface area (TPSA) is 158 Å². The second kappa shape index (κ2) is 17.1. The Balaban J connectivity index is 1.32. The van der Waals surface area contributed by atoms with E-state index in [0.717, 1.165) is 6.42 Å². The number of imidazole rings is 1. The van der Waals surface area contributed by atoms with E-state index in [0.29, 0.717) is 98.5 Å². The van der Waals surface area contributed by atoms with Crippen molar-refractivity contribution in [1.29, 1.82) is 0 Å². The number of carbonyl (C=O) groups excluding carboxylic acids is 1. The molecule has 1 aliphatic carbocycles. The molecule has 3 aromatic carbocycles. The van der Waals surface area contributed by atoms with E-state index in [9.17, 15) is 9.90 Å². The molecule has 16 heteroatoms. The van der Waals surface area contributed by atoms with Gasteiger partial charge in [-0.1, -0.05) is 53.7 Å². The molecule has 2 N–H and O–H groups in total. The van der Waals surface area contributed by atoms with Crippen LogP contribution in [0, 0.1) is 5.41 Å². The van der Waals surface area contributed by atoms with Crippen LogP contribution in [0.25, 0.3) is 32.7 Å². The lowest BCUT2D eigenvalue weighted by Gasteiger charge is -2.40. The van der Waals surface area contributed by atoms with Crippen molar-refractivity contribution in [3.8, 4) is 28.7 Å². The summed E-state index contributed by atoms with van der Waals surface area (Å²) in [6, 6.07) is 5.11. The highest BCUT2D eigenvalue weighted by Crippen LogP contribution is 2.57. The predicted octanol–water partition coefficient (Wildman–Crippen LogP) is 11.0. The number of methoxy groups -OCH3 is 3. The third kappa shape index (κ3) is 8.44. The number of ether oxygens (including phenoxy) is 5. The number of esters is 1. The Kier molecular flexibility index (Phi) is 12.7. The second-order valence-corrected chi connectivity index (χ2v) is 31.0. The molecule has 1 aliphatic heterocycles. The number of aromatic nitrogens is 4. The van der Waals surface area contributed by atoms with Crippen LogP contribution in [0.2, 0.25) is 36.3 Å². The minimum Gasteiger partial charge on any atom is -0.507 e. The Hall–Kier alpha value is -4.49. The molecule has 1 fully saturated rings. The number of hydrogen-bond donors (Lipinski definition) is 2. The van der Waals surface area contributed by atoms with E-state index in [1.54, 1.807) is 27.7 Å². The van der Waals surface area contributed by atoms with Gasteiger partial charge in [0, 0.05) is 22.9 Å². The molecule has 4 atom stereocenters. The Morgan fingerprint density at radius 1 is 0.875 bits per heavy atom. The smallest absolute Gasteiger partial charge is 0.316 e. The largest absolute Gasteiger partial charge is 0.507 e. The van der Waals surface area contributed by atoms with Crippen molar-refractivity contribution in [3.05, 3.63) is 42.0 Å². The zero-order valence-corrected chi connectivity index (χ0v) is 42.7. The van der Waals surface area contributed by atoms with E-state index in [-0.39, 0.29) is 28.0 Å². The van der Waals surface area contributed by atoms with E-state index >= 15 is 0 Å². The maximum Gasteiger partial charge on any atom is 0.316 e. The minimum absolute atomic E-state index is 0.0107. The first-order chi connectivity index (χ1) is 29.8. The molecule has 7 rings (SSSR count). The Bertz CT molecular complexity index is 2570. The number of anilines is 1. The lowest BCUT2D eigenvalue weighted by Crippen LogP contribution is -2.48. The van der Waals surface area contributed by atoms with Gasteiger partial charge in [-0.15, -0.1) is 0 Å². The van der Waals surface area contributed by atoms with E-state index < -0.39 is 40.3 Å². The van der Waals surface area contributed by atoms with Gasteiger partial charge in [-0.3, -0.25) is 9.36 Å². The van der Waals surface area contributed by atoms with E-state index in [2.05, 4.69) is 73.0 Å². The van der Waals surface area contributed by atoms with Crippen molar-refractivity contribution < 1.29 is 42.4 Å². The highest BCUT2D eigenvalue weighted by Gasteiger charge is 2.47. The summed E-state index contributed by atoms with van der Waals surface area (Å²) in [4.78, 5) is 28.2. The summed E-state index contributed by atoms with van der Waals surface area (Å²) in [5.41, 5.74) is 1.59. The summed E-state index contributed by atoms with van der Waals surface area (Å²) >= 11 is 0. The molecule has 0 saturated carbocycles. The van der Waals surface area contributed by atoms with Crippen molar-refractivity contribution in [2.45, 2.75) is 149 Å². The molecule has 1 unspecified atom stereocenters. The molecule has 3 heterocycles. The quantitative estimate of drug-likeness (QED) is 0.0528. The first kappa shape index (κ1) is 47.5. The van der Waals surface area contributed by atoms with Gasteiger partial charge in [-0.25, -0.2) is 15.0 Å². The fraction of sp³-hybridized carbons (Fsp3) is 0.583. The number of hydrogen-bond acceptors (Lipinski definition) is 13. The summed E-state index contributed by atoms with van der Waals surface area (Å²) in [7, 11) is 0.436. The summed E-state index contributed by atoms with van der Waals surface area (Å²) in [5.74, 6) is 1.70. The monoisotopic (exact) mass is 915 g/mol. The van der Waals surface area contributed by atoms with Crippen molar-refractivity contribution in [2.24, 2.45) is 5.41 Å². The van der Waals surface area contributed by atoms with Crippen molar-refractivity contribution in [3.63, 3.8) is 0 Å². The normalized spacial score (nSPS) is 19.9. The average molecular weight is 916 g/mol. The number of phenols is 1. The first-order valence-corrected chi connectivity index (χ1v) is 28.2. The van der Waals surface area contributed by atoms with E-state index in [1.807, 2.05) is 43.5 Å². The van der Waals surface area contributed by atoms with Gasteiger partial charge >= 0.3 is 5.97 Å². The van der Waals surface area contributed by atoms with Crippen LogP contribution in [-0.2, 0) is 24.8 Å². The maximum atomic E-state index is 13.8. The molecule has 64 heavy (non-hydrogen) atoms. The highest BCUT2D eigenvalue weighted by atomic mass is 28.4. The fourth-order valence-electron chi connectivity index (χ4n) is 8.32. The fourth-order valence-corrected chi connectivity index (χ4v) is 10.7. The average Bonchev–Trinajstić information content (AvgIpc) is 3.83. The van der Waals surface area contributed by atoms with Crippen LogP contribution in [-0.4, -0.2) is 87.4 Å². The number of rotatable bonds is 12. The Labute approximate surface area is 379 Å². The summed E-state index contributed by atoms with van der Waals surface area (Å²) in [6.07, 6.45) is 4.91. The number of benzene rings is 3. The van der Waals surface area contributed by atoms with Crippen LogP contribution < -0.4 is 24.3 Å². The number of fused-ring (bicyclic) bond motifs is 4. The van der Waals surface area contributed by atoms with Crippen molar-refractivity contribution >= 4 is 61.1 Å². The Morgan fingerprint density at radius 2 is 1.56 bits per heavy atom. The SMILES string of the molecule is COc1cccc2c(OC)c3c(OC(=O)C(C)(C)C)c4c(c(O)c3c(OC)c12)C(Nc1ncnc2c1ncn2[C@H]1C[C@H](O[Si](C)(C)C(C)(C)C)[C@@H](CO[Si](C)(C)C(C)(C)C)O1)CCC4. The van der Waals surface area contributed by atoms with Gasteiger partial charge in [-0.05, 0) is 82.4 Å². The van der Waals surface area contributed by atoms with Gasteiger partial charge in [0.15, 0.2) is 33.6 Å². The van der Waals surface area contributed by atoms with Crippen LogP contribution in [0.3, 0.4) is 0 Å². The molecule has 14 nitrogen and oxygen atoms in total. The number of phenolic OH excluding ortho intramolecular Hbond substituents is 1. The lowest BCUT2D eigenvalue weighted by atomic mass is 9.82. The van der Waals surface area contributed by atoms with Gasteiger partial charge in [0.05, 0.1) is 68.0 Å². The highest BCUT2D eigenvalue weighted by molar-refractivity contribution is 6.74. The third-order valence-corrected chi connectivity index (χ3v) is 23.1. The van der Waals surface area contributed by atoms with Gasteiger partial charge < -0.3 is 43.0 Å². The third-order valence-electron chi connectivity index (χ3n) is 14.1. The zero-order valence-electron chi connectivity index (χ0n) is 40.7. The number of nitrogens with one attached hydrogen (secondary N) is 1. The van der Waals surface area contributed by atoms with E-state index in [4.69, 9.17) is 47.5 Å². The summed E-state index contributed by atoms with van der Waals surface area (Å²) < 4.78 is 47.2. The van der Waals surface area contributed by atoms with Crippen LogP contribution >= 0.6 is 0 Å². The standard InChI is InChI=1S/C48H69N5O9Si2/c1-46(2,3)45(55)61-41-27-19-17-21-29(34(27)39(54)36-37(41)40(57-11)28-20-18-22-30(56-10)35(28)42(36)58-12)52-43-38-44(50-25-49-43)53(26-51-38)33-23-31(62-64(15,16)48(7,8)9)32(60-33)24-59-63(13,14)47(4,5)6/h18,20,22,25-26,29,31-33,54H,17,19,21,23-24H2,1-16H3,(H,49,50,52)/t29?,31-,32+,33+/m0/s1. The van der Waals surface area contributed by atoms with Gasteiger partial charge in [0.25, 0.3) is 0 Å². The minimum atomic E-state index is -2.18. The summed E-state index contributed by atoms with van der Waals surface area (Å²) in [6.45, 7) is 28.4. The molecule has 2 aromatic heterocycles. The van der Waals surface area contributed by atoms with Gasteiger partial charge in [0.2, 0.25) is 0 Å². The molecule has 5 aromatic rings. The van der Waals surface area contributed by atoms with Crippen LogP contribution in [0.4, 0.5) is 5.82 Å². The molecular formula is C48H69N5O9Si2. The van der Waals surface area contributed by atoms with Crippen LogP contribution in [0.15, 0.2) is 30.9 Å². The molecular weight excluding hydrogens is 847 g/mol. The predicted molar refractivity (Wildman–Crippen MR) is 256 cm³/mol. The number of carbonyl (C=O) groups is 1. The molecule has 1 saturated heterocycles. The molecule has 0 bridgehead atoms. The molecule has 0 spiro atoms. The van der Waals surface area contributed by atoms with Crippen LogP contribution in [0.5, 0.6) is 28.7 Å². The van der Waals surface area contributed by atoms with Gasteiger partial charge in [0.1, 0.15) is 47.4 Å². The maximum absolute atomic E-state index is 13.8. The molecule has 0 amide bonds. The Morgan fingerprint density at radius 3 is 2.19 bits per heavy atom. The zero-order chi connectivity index (χ0) is 46.9. The number of nitrogens with zero attached hydrogens (tertiary/aromatic N) is 4. The molecule has 0 radical (unpaired) electrons. The van der Waals surface area contributed by atoms with E-state index in [1.165, 1.54) is 6.33 Å². The molecule has 348 valence electrons. The van der Waals surface area contributed by atoms with Crippen LogP contribution in [0.1, 0.15) is 105 Å². The summed E-state index contributed by atoms with van der Waals surface area (Å²) in [5, 5.41) is 18.4. The second-order valence-electron chi connectivity index (χ2n) is 21.4. The van der Waals surface area contributed by atoms with Crippen molar-refractivity contribution in [1.82, 2.24) is 19.5 Å². The first-order valence-electron chi connectivity index (χ1n) is 22.4. The lowest BCUT2D eigenvalue weighted by molar-refractivity contribution is -0.142. The van der Waals surface area contributed by atoms with Gasteiger partial charge in [-0.2, -0.15) is 0 Å². The number of aromatic hydroxyl groups is 1. The molecule has 2 aliphatic rings.